The van der Waals surface area contributed by atoms with Crippen LogP contribution in [-0.4, -0.2) is 30.1 Å². The second-order valence-electron chi connectivity index (χ2n) is 7.36. The smallest absolute Gasteiger partial charge is 0.130 e. The van der Waals surface area contributed by atoms with Gasteiger partial charge in [0.1, 0.15) is 5.60 Å². The monoisotopic (exact) mass is 333 g/mol. The second kappa shape index (κ2) is 7.45. The Kier molecular flexibility index (Phi) is 4.89. The fourth-order valence-electron chi connectivity index (χ4n) is 3.97. The molecular weight excluding hydrogens is 306 g/mol. The van der Waals surface area contributed by atoms with Crippen molar-refractivity contribution in [3.63, 3.8) is 0 Å². The molecule has 2 aliphatic heterocycles. The Morgan fingerprint density at radius 2 is 1.56 bits per heavy atom. The van der Waals surface area contributed by atoms with E-state index < -0.39 is 0 Å². The third kappa shape index (κ3) is 3.96. The quantitative estimate of drug-likeness (QED) is 0.780. The first-order valence-corrected chi connectivity index (χ1v) is 9.55. The van der Waals surface area contributed by atoms with Crippen LogP contribution in [0.25, 0.3) is 12.3 Å². The van der Waals surface area contributed by atoms with Gasteiger partial charge >= 0.3 is 0 Å². The van der Waals surface area contributed by atoms with Crippen LogP contribution in [-0.2, 0) is 11.2 Å². The molecule has 1 spiro atoms. The van der Waals surface area contributed by atoms with Gasteiger partial charge in [-0.15, -0.1) is 0 Å². The summed E-state index contributed by atoms with van der Waals surface area (Å²) in [6.07, 6.45) is 10.3. The highest BCUT2D eigenvalue weighted by molar-refractivity contribution is 5.43. The molecule has 0 bridgehead atoms. The summed E-state index contributed by atoms with van der Waals surface area (Å²) in [4.78, 5) is 2.61. The first-order valence-electron chi connectivity index (χ1n) is 9.55. The zero-order chi connectivity index (χ0) is 17.0. The van der Waals surface area contributed by atoms with E-state index in [9.17, 15) is 0 Å². The molecule has 2 aliphatic rings. The minimum atomic E-state index is -0.0745. The Morgan fingerprint density at radius 1 is 0.840 bits per heavy atom. The fraction of sp³-hybridized carbons (Fsp3) is 0.391. The molecule has 25 heavy (non-hydrogen) atoms. The number of fused-ring (bicyclic) bond motifs is 1. The molecule has 2 heteroatoms. The standard InChI is InChI=1S/C23H27NO/c1-2-8-20(9-3-1)10-6-7-15-24-16-13-23(14-17-24)18-21-11-4-5-12-22(21)19-25-23/h1-5,8-9,11-12,18-19H,6-7,10,13-17H2. The van der Waals surface area contributed by atoms with E-state index in [2.05, 4.69) is 65.6 Å². The number of benzene rings is 2. The van der Waals surface area contributed by atoms with Crippen LogP contribution in [0, 0.1) is 0 Å². The number of rotatable bonds is 5. The normalized spacial score (nSPS) is 18.7. The lowest BCUT2D eigenvalue weighted by Gasteiger charge is -2.40. The van der Waals surface area contributed by atoms with Gasteiger partial charge in [0.05, 0.1) is 6.26 Å². The van der Waals surface area contributed by atoms with Gasteiger partial charge in [0, 0.05) is 31.1 Å². The largest absolute Gasteiger partial charge is 0.490 e. The van der Waals surface area contributed by atoms with Crippen molar-refractivity contribution in [2.24, 2.45) is 0 Å². The maximum absolute atomic E-state index is 6.16. The van der Waals surface area contributed by atoms with E-state index in [1.54, 1.807) is 0 Å². The zero-order valence-corrected chi connectivity index (χ0v) is 14.9. The molecule has 130 valence electrons. The minimum absolute atomic E-state index is 0.0745. The van der Waals surface area contributed by atoms with Gasteiger partial charge < -0.3 is 9.64 Å². The van der Waals surface area contributed by atoms with Crippen LogP contribution >= 0.6 is 0 Å². The molecule has 0 N–H and O–H groups in total. The lowest BCUT2D eigenvalue weighted by Crippen LogP contribution is -2.48. The summed E-state index contributed by atoms with van der Waals surface area (Å²) in [6, 6.07) is 19.3. The molecule has 0 unspecified atom stereocenters. The van der Waals surface area contributed by atoms with Crippen molar-refractivity contribution in [3.05, 3.63) is 70.6 Å². The highest BCUT2D eigenvalue weighted by Gasteiger charge is 2.34. The first kappa shape index (κ1) is 16.4. The summed E-state index contributed by atoms with van der Waals surface area (Å²) in [7, 11) is 0. The van der Waals surface area contributed by atoms with Crippen molar-refractivity contribution in [2.45, 2.75) is 37.7 Å². The zero-order valence-electron chi connectivity index (χ0n) is 14.9. The number of likely N-dealkylation sites (tertiary alicyclic amines) is 1. The van der Waals surface area contributed by atoms with Crippen LogP contribution in [0.2, 0.25) is 0 Å². The topological polar surface area (TPSA) is 12.5 Å². The van der Waals surface area contributed by atoms with Gasteiger partial charge in [-0.1, -0.05) is 54.6 Å². The van der Waals surface area contributed by atoms with E-state index >= 15 is 0 Å². The molecule has 0 radical (unpaired) electrons. The van der Waals surface area contributed by atoms with Crippen molar-refractivity contribution >= 4 is 12.3 Å². The molecule has 2 heterocycles. The summed E-state index contributed by atoms with van der Waals surface area (Å²) in [5, 5.41) is 2.53. The third-order valence-corrected chi connectivity index (χ3v) is 5.57. The SMILES string of the molecule is C1=c2ccccc2=CC2(CCN(CCCCc3ccccc3)CC2)O1. The predicted molar refractivity (Wildman–Crippen MR) is 103 cm³/mol. The summed E-state index contributed by atoms with van der Waals surface area (Å²) in [6.45, 7) is 3.49. The van der Waals surface area contributed by atoms with E-state index in [0.717, 1.165) is 25.9 Å². The average molecular weight is 333 g/mol. The third-order valence-electron chi connectivity index (χ3n) is 5.57. The van der Waals surface area contributed by atoms with E-state index in [1.807, 2.05) is 6.26 Å². The number of unbranched alkanes of at least 4 members (excludes halogenated alkanes) is 1. The molecule has 0 aliphatic carbocycles. The Balaban J connectivity index is 1.26. The predicted octanol–water partition coefficient (Wildman–Crippen LogP) is 3.09. The van der Waals surface area contributed by atoms with Crippen LogP contribution in [0.1, 0.15) is 31.2 Å². The molecular formula is C23H27NO. The van der Waals surface area contributed by atoms with Gasteiger partial charge in [-0.3, -0.25) is 0 Å². The van der Waals surface area contributed by atoms with Crippen molar-refractivity contribution in [1.82, 2.24) is 4.90 Å². The van der Waals surface area contributed by atoms with Crippen LogP contribution < -0.4 is 10.4 Å². The van der Waals surface area contributed by atoms with E-state index in [4.69, 9.17) is 4.74 Å². The van der Waals surface area contributed by atoms with Crippen LogP contribution in [0.15, 0.2) is 54.6 Å². The molecule has 2 aromatic carbocycles. The summed E-state index contributed by atoms with van der Waals surface area (Å²) in [5.41, 5.74) is 1.38. The molecule has 4 rings (SSSR count). The van der Waals surface area contributed by atoms with Gasteiger partial charge in [0.2, 0.25) is 0 Å². The Labute approximate surface area is 150 Å². The van der Waals surface area contributed by atoms with Crippen molar-refractivity contribution < 1.29 is 4.74 Å². The molecule has 2 nitrogen and oxygen atoms in total. The fourth-order valence-corrected chi connectivity index (χ4v) is 3.97. The highest BCUT2D eigenvalue weighted by atomic mass is 16.5. The number of aryl methyl sites for hydroxylation is 1. The van der Waals surface area contributed by atoms with E-state index in [-0.39, 0.29) is 5.60 Å². The Morgan fingerprint density at radius 3 is 2.36 bits per heavy atom. The number of ether oxygens (including phenoxy) is 1. The molecule has 1 saturated heterocycles. The van der Waals surface area contributed by atoms with Crippen LogP contribution in [0.5, 0.6) is 0 Å². The number of piperidine rings is 1. The summed E-state index contributed by atoms with van der Waals surface area (Å²) < 4.78 is 6.16. The van der Waals surface area contributed by atoms with Crippen molar-refractivity contribution in [2.75, 3.05) is 19.6 Å². The Hall–Kier alpha value is -2.06. The van der Waals surface area contributed by atoms with E-state index in [1.165, 1.54) is 41.8 Å². The molecule has 0 aromatic heterocycles. The maximum atomic E-state index is 6.16. The molecule has 2 aromatic rings. The molecule has 0 saturated carbocycles. The second-order valence-corrected chi connectivity index (χ2v) is 7.36. The highest BCUT2D eigenvalue weighted by Crippen LogP contribution is 2.29. The summed E-state index contributed by atoms with van der Waals surface area (Å²) >= 11 is 0. The average Bonchev–Trinajstić information content (AvgIpc) is 2.67. The molecule has 1 fully saturated rings. The van der Waals surface area contributed by atoms with Crippen molar-refractivity contribution in [3.8, 4) is 0 Å². The van der Waals surface area contributed by atoms with Crippen LogP contribution in [0.4, 0.5) is 0 Å². The molecule has 0 atom stereocenters. The minimum Gasteiger partial charge on any atom is -0.490 e. The number of hydrogen-bond donors (Lipinski definition) is 0. The number of hydrogen-bond acceptors (Lipinski definition) is 2. The first-order chi connectivity index (χ1) is 12.3. The maximum Gasteiger partial charge on any atom is 0.130 e. The van der Waals surface area contributed by atoms with Gasteiger partial charge in [-0.05, 0) is 42.7 Å². The van der Waals surface area contributed by atoms with Crippen LogP contribution in [0.3, 0.4) is 0 Å². The lowest BCUT2D eigenvalue weighted by atomic mass is 9.88. The van der Waals surface area contributed by atoms with Gasteiger partial charge in [0.25, 0.3) is 0 Å². The van der Waals surface area contributed by atoms with E-state index in [0.29, 0.717) is 0 Å². The number of nitrogens with zero attached hydrogens (tertiary/aromatic N) is 1. The van der Waals surface area contributed by atoms with Gasteiger partial charge in [0.15, 0.2) is 0 Å². The van der Waals surface area contributed by atoms with Gasteiger partial charge in [-0.25, -0.2) is 0 Å². The lowest BCUT2D eigenvalue weighted by molar-refractivity contribution is 0.0354. The summed E-state index contributed by atoms with van der Waals surface area (Å²) in [5.74, 6) is 0. The Bertz CT molecular complexity index is 803. The molecule has 0 amide bonds. The van der Waals surface area contributed by atoms with Gasteiger partial charge in [-0.2, -0.15) is 0 Å². The van der Waals surface area contributed by atoms with Crippen molar-refractivity contribution in [1.29, 1.82) is 0 Å².